The second-order valence-electron chi connectivity index (χ2n) is 5.66. The Morgan fingerprint density at radius 2 is 2.19 bits per heavy atom. The summed E-state index contributed by atoms with van der Waals surface area (Å²) in [7, 11) is 2.20. The van der Waals surface area contributed by atoms with E-state index in [2.05, 4.69) is 38.0 Å². The molecule has 3 heteroatoms. The van der Waals surface area contributed by atoms with Crippen LogP contribution in [-0.4, -0.2) is 51.3 Å². The molecule has 1 fully saturated rings. The first-order valence-corrected chi connectivity index (χ1v) is 6.55. The van der Waals surface area contributed by atoms with Crippen molar-refractivity contribution in [1.82, 2.24) is 10.2 Å². The zero-order chi connectivity index (χ0) is 12.0. The van der Waals surface area contributed by atoms with Crippen LogP contribution in [0.3, 0.4) is 0 Å². The predicted molar refractivity (Wildman–Crippen MR) is 68.7 cm³/mol. The lowest BCUT2D eigenvalue weighted by molar-refractivity contribution is 0.120. The van der Waals surface area contributed by atoms with Crippen LogP contribution >= 0.6 is 0 Å². The van der Waals surface area contributed by atoms with Crippen LogP contribution in [0.15, 0.2) is 0 Å². The Morgan fingerprint density at radius 1 is 1.44 bits per heavy atom. The summed E-state index contributed by atoms with van der Waals surface area (Å²) >= 11 is 0. The van der Waals surface area contributed by atoms with E-state index in [4.69, 9.17) is 4.74 Å². The van der Waals surface area contributed by atoms with E-state index in [-0.39, 0.29) is 0 Å². The van der Waals surface area contributed by atoms with Gasteiger partial charge in [0.05, 0.1) is 6.61 Å². The van der Waals surface area contributed by atoms with Crippen LogP contribution in [0.1, 0.15) is 27.2 Å². The van der Waals surface area contributed by atoms with Gasteiger partial charge in [0.2, 0.25) is 0 Å². The van der Waals surface area contributed by atoms with Gasteiger partial charge in [0.15, 0.2) is 0 Å². The summed E-state index contributed by atoms with van der Waals surface area (Å²) in [5.74, 6) is 0.725. The Morgan fingerprint density at radius 3 is 2.69 bits per heavy atom. The lowest BCUT2D eigenvalue weighted by atomic mass is 9.86. The van der Waals surface area contributed by atoms with Gasteiger partial charge in [0.1, 0.15) is 0 Å². The molecule has 0 aromatic heterocycles. The number of hydrogen-bond acceptors (Lipinski definition) is 3. The van der Waals surface area contributed by atoms with Crippen LogP contribution in [0.25, 0.3) is 0 Å². The molecule has 0 radical (unpaired) electrons. The number of nitrogens with one attached hydrogen (secondary N) is 1. The van der Waals surface area contributed by atoms with Gasteiger partial charge in [-0.25, -0.2) is 0 Å². The predicted octanol–water partition coefficient (Wildman–Crippen LogP) is 1.59. The van der Waals surface area contributed by atoms with Crippen LogP contribution in [0.4, 0.5) is 0 Å². The first-order valence-electron chi connectivity index (χ1n) is 6.55. The van der Waals surface area contributed by atoms with Gasteiger partial charge in [0.25, 0.3) is 0 Å². The summed E-state index contributed by atoms with van der Waals surface area (Å²) in [6.07, 6.45) is 1.20. The SMILES string of the molecule is CCN(C)CC1(CNCC(C)C)CCOC1. The summed E-state index contributed by atoms with van der Waals surface area (Å²) in [5.41, 5.74) is 0.347. The summed E-state index contributed by atoms with van der Waals surface area (Å²) in [5, 5.41) is 3.59. The molecule has 0 aliphatic carbocycles. The molecule has 3 nitrogen and oxygen atoms in total. The number of rotatable bonds is 7. The summed E-state index contributed by atoms with van der Waals surface area (Å²) in [4.78, 5) is 2.39. The van der Waals surface area contributed by atoms with Crippen molar-refractivity contribution < 1.29 is 4.74 Å². The average molecular weight is 228 g/mol. The summed E-state index contributed by atoms with van der Waals surface area (Å²) < 4.78 is 5.60. The maximum Gasteiger partial charge on any atom is 0.0547 e. The van der Waals surface area contributed by atoms with Gasteiger partial charge in [-0.15, -0.1) is 0 Å². The van der Waals surface area contributed by atoms with Gasteiger partial charge >= 0.3 is 0 Å². The third kappa shape index (κ3) is 4.40. The van der Waals surface area contributed by atoms with E-state index in [0.29, 0.717) is 5.41 Å². The quantitative estimate of drug-likeness (QED) is 0.716. The van der Waals surface area contributed by atoms with E-state index in [1.807, 2.05) is 0 Å². The Kier molecular flexibility index (Phi) is 5.73. The molecule has 0 amide bonds. The lowest BCUT2D eigenvalue weighted by Crippen LogP contribution is -2.44. The maximum atomic E-state index is 5.60. The molecule has 1 atom stereocenters. The van der Waals surface area contributed by atoms with Crippen molar-refractivity contribution in [2.45, 2.75) is 27.2 Å². The Hall–Kier alpha value is -0.120. The number of hydrogen-bond donors (Lipinski definition) is 1. The van der Waals surface area contributed by atoms with Crippen molar-refractivity contribution in [2.24, 2.45) is 11.3 Å². The molecule has 0 aromatic carbocycles. The van der Waals surface area contributed by atoms with Crippen molar-refractivity contribution >= 4 is 0 Å². The van der Waals surface area contributed by atoms with Crippen molar-refractivity contribution in [3.05, 3.63) is 0 Å². The Labute approximate surface area is 101 Å². The van der Waals surface area contributed by atoms with Gasteiger partial charge in [-0.05, 0) is 32.5 Å². The zero-order valence-electron chi connectivity index (χ0n) is 11.4. The molecule has 1 saturated heterocycles. The van der Waals surface area contributed by atoms with Crippen LogP contribution in [0.5, 0.6) is 0 Å². The van der Waals surface area contributed by atoms with Gasteiger partial charge in [-0.1, -0.05) is 20.8 Å². The highest BCUT2D eigenvalue weighted by Crippen LogP contribution is 2.28. The topological polar surface area (TPSA) is 24.5 Å². The Bertz CT molecular complexity index is 188. The molecular weight excluding hydrogens is 200 g/mol. The first-order chi connectivity index (χ1) is 7.58. The minimum absolute atomic E-state index is 0.347. The largest absolute Gasteiger partial charge is 0.381 e. The highest BCUT2D eigenvalue weighted by molar-refractivity contribution is 4.87. The normalized spacial score (nSPS) is 25.9. The average Bonchev–Trinajstić information content (AvgIpc) is 2.66. The third-order valence-electron chi connectivity index (χ3n) is 3.38. The number of nitrogens with zero attached hydrogens (tertiary/aromatic N) is 1. The summed E-state index contributed by atoms with van der Waals surface area (Å²) in [6, 6.07) is 0. The lowest BCUT2D eigenvalue weighted by Gasteiger charge is -2.32. The highest BCUT2D eigenvalue weighted by Gasteiger charge is 2.35. The fraction of sp³-hybridized carbons (Fsp3) is 1.00. The maximum absolute atomic E-state index is 5.60. The number of ether oxygens (including phenoxy) is 1. The van der Waals surface area contributed by atoms with E-state index in [9.17, 15) is 0 Å². The molecule has 1 rings (SSSR count). The van der Waals surface area contributed by atoms with E-state index < -0.39 is 0 Å². The van der Waals surface area contributed by atoms with Crippen molar-refractivity contribution in [2.75, 3.05) is 46.4 Å². The van der Waals surface area contributed by atoms with E-state index >= 15 is 0 Å². The van der Waals surface area contributed by atoms with Crippen LogP contribution in [-0.2, 0) is 4.74 Å². The van der Waals surface area contributed by atoms with E-state index in [1.165, 1.54) is 6.42 Å². The second-order valence-corrected chi connectivity index (χ2v) is 5.66. The molecule has 0 aromatic rings. The molecule has 0 bridgehead atoms. The fourth-order valence-electron chi connectivity index (χ4n) is 2.28. The molecule has 1 aliphatic rings. The monoisotopic (exact) mass is 228 g/mol. The minimum atomic E-state index is 0.347. The molecule has 96 valence electrons. The Balaban J connectivity index is 2.39. The first kappa shape index (κ1) is 13.9. The molecule has 0 saturated carbocycles. The third-order valence-corrected chi connectivity index (χ3v) is 3.38. The van der Waals surface area contributed by atoms with Crippen molar-refractivity contribution in [3.63, 3.8) is 0 Å². The highest BCUT2D eigenvalue weighted by atomic mass is 16.5. The molecular formula is C13H28N2O. The summed E-state index contributed by atoms with van der Waals surface area (Å²) in [6.45, 7) is 13.0. The molecule has 0 spiro atoms. The smallest absolute Gasteiger partial charge is 0.0547 e. The van der Waals surface area contributed by atoms with E-state index in [1.54, 1.807) is 0 Å². The van der Waals surface area contributed by atoms with Gasteiger partial charge in [-0.3, -0.25) is 0 Å². The van der Waals surface area contributed by atoms with Crippen LogP contribution in [0, 0.1) is 11.3 Å². The van der Waals surface area contributed by atoms with Gasteiger partial charge < -0.3 is 15.0 Å². The molecule has 1 aliphatic heterocycles. The molecule has 1 N–H and O–H groups in total. The van der Waals surface area contributed by atoms with Crippen molar-refractivity contribution in [3.8, 4) is 0 Å². The van der Waals surface area contributed by atoms with Crippen molar-refractivity contribution in [1.29, 1.82) is 0 Å². The molecule has 1 heterocycles. The fourth-order valence-corrected chi connectivity index (χ4v) is 2.28. The van der Waals surface area contributed by atoms with Gasteiger partial charge in [-0.2, -0.15) is 0 Å². The standard InChI is InChI=1S/C13H28N2O/c1-5-15(4)10-13(6-7-16-11-13)9-14-8-12(2)3/h12,14H,5-11H2,1-4H3. The zero-order valence-corrected chi connectivity index (χ0v) is 11.4. The molecule has 1 unspecified atom stereocenters. The van der Waals surface area contributed by atoms with E-state index in [0.717, 1.165) is 45.3 Å². The molecule has 16 heavy (non-hydrogen) atoms. The van der Waals surface area contributed by atoms with Crippen LogP contribution < -0.4 is 5.32 Å². The van der Waals surface area contributed by atoms with Gasteiger partial charge in [0, 0.05) is 25.1 Å². The second kappa shape index (κ2) is 6.58. The minimum Gasteiger partial charge on any atom is -0.381 e. The van der Waals surface area contributed by atoms with Crippen LogP contribution in [0.2, 0.25) is 0 Å².